The molecule has 2 rings (SSSR count). The smallest absolute Gasteiger partial charge is 0.191 e. The number of hydrogen-bond donors (Lipinski definition) is 2. The van der Waals surface area contributed by atoms with Crippen LogP contribution in [0, 0.1) is 23.2 Å². The summed E-state index contributed by atoms with van der Waals surface area (Å²) in [4.78, 5) is 4.39. The van der Waals surface area contributed by atoms with Crippen molar-refractivity contribution in [3.05, 3.63) is 0 Å². The van der Waals surface area contributed by atoms with Crippen LogP contribution >= 0.6 is 24.0 Å². The highest BCUT2D eigenvalue weighted by Crippen LogP contribution is 2.27. The predicted molar refractivity (Wildman–Crippen MR) is 79.4 cm³/mol. The lowest BCUT2D eigenvalue weighted by atomic mass is 9.83. The van der Waals surface area contributed by atoms with Gasteiger partial charge >= 0.3 is 0 Å². The van der Waals surface area contributed by atoms with Crippen molar-refractivity contribution in [3.8, 4) is 6.07 Å². The quantitative estimate of drug-likeness (QED) is 0.749. The number of halogens is 1. The first-order chi connectivity index (χ1) is 7.88. The van der Waals surface area contributed by atoms with E-state index in [0.29, 0.717) is 5.92 Å². The van der Waals surface area contributed by atoms with Gasteiger partial charge in [0, 0.05) is 25.6 Å². The van der Waals surface area contributed by atoms with E-state index >= 15 is 0 Å². The molecule has 1 fully saturated rings. The Hall–Kier alpha value is -0.510. The molecule has 0 unspecified atom stereocenters. The lowest BCUT2D eigenvalue weighted by molar-refractivity contribution is 0.313. The van der Waals surface area contributed by atoms with Crippen molar-refractivity contribution >= 4 is 29.9 Å². The molecule has 1 aliphatic carbocycles. The zero-order valence-electron chi connectivity index (χ0n) is 10.1. The van der Waals surface area contributed by atoms with Gasteiger partial charge in [-0.1, -0.05) is 0 Å². The van der Waals surface area contributed by atoms with Gasteiger partial charge in [-0.25, -0.2) is 0 Å². The predicted octanol–water partition coefficient (Wildman–Crippen LogP) is 1.87. The van der Waals surface area contributed by atoms with Gasteiger partial charge in [0.25, 0.3) is 0 Å². The van der Waals surface area contributed by atoms with Crippen molar-refractivity contribution in [3.63, 3.8) is 0 Å². The van der Waals surface area contributed by atoms with Gasteiger partial charge in [-0.3, -0.25) is 4.99 Å². The van der Waals surface area contributed by atoms with E-state index in [1.807, 2.05) is 0 Å². The molecule has 0 saturated heterocycles. The summed E-state index contributed by atoms with van der Waals surface area (Å²) in [6.45, 7) is 2.98. The SMILES string of the molecule is I.N#CC1CCC(CNC2=NCCCN2)CC1. The molecule has 0 aromatic rings. The van der Waals surface area contributed by atoms with E-state index in [4.69, 9.17) is 5.26 Å². The average Bonchev–Trinajstić information content (AvgIpc) is 2.38. The van der Waals surface area contributed by atoms with Crippen LogP contribution in [0.3, 0.4) is 0 Å². The van der Waals surface area contributed by atoms with Crippen molar-refractivity contribution in [1.82, 2.24) is 10.6 Å². The van der Waals surface area contributed by atoms with Crippen LogP contribution in [0.25, 0.3) is 0 Å². The summed E-state index contributed by atoms with van der Waals surface area (Å²) in [6.07, 6.45) is 5.64. The van der Waals surface area contributed by atoms with Crippen LogP contribution in [0.1, 0.15) is 32.1 Å². The second-order valence-corrected chi connectivity index (χ2v) is 4.74. The first kappa shape index (κ1) is 14.6. The van der Waals surface area contributed by atoms with Crippen molar-refractivity contribution in [2.24, 2.45) is 16.8 Å². The standard InChI is InChI=1S/C12H20N4.HI/c13-8-10-2-4-11(5-3-10)9-16-12-14-6-1-7-15-12;/h10-11H,1-7,9H2,(H2,14,15,16);1H. The van der Waals surface area contributed by atoms with Gasteiger partial charge in [-0.15, -0.1) is 24.0 Å². The molecule has 0 amide bonds. The first-order valence-corrected chi connectivity index (χ1v) is 6.30. The van der Waals surface area contributed by atoms with E-state index in [1.54, 1.807) is 0 Å². The highest BCUT2D eigenvalue weighted by Gasteiger charge is 2.20. The second-order valence-electron chi connectivity index (χ2n) is 4.74. The molecule has 0 radical (unpaired) electrons. The number of nitrogens with zero attached hydrogens (tertiary/aromatic N) is 2. The molecule has 2 N–H and O–H groups in total. The van der Waals surface area contributed by atoms with Gasteiger partial charge in [0.1, 0.15) is 0 Å². The summed E-state index contributed by atoms with van der Waals surface area (Å²) in [7, 11) is 0. The molecule has 4 nitrogen and oxygen atoms in total. The van der Waals surface area contributed by atoms with Gasteiger partial charge in [-0.05, 0) is 38.0 Å². The lowest BCUT2D eigenvalue weighted by Crippen LogP contribution is -2.43. The molecule has 0 atom stereocenters. The number of guanidine groups is 1. The number of nitriles is 1. The number of nitrogens with one attached hydrogen (secondary N) is 2. The van der Waals surface area contributed by atoms with E-state index in [0.717, 1.165) is 50.8 Å². The Labute approximate surface area is 120 Å². The van der Waals surface area contributed by atoms with Crippen LogP contribution < -0.4 is 10.6 Å². The summed E-state index contributed by atoms with van der Waals surface area (Å²) in [5.41, 5.74) is 0. The van der Waals surface area contributed by atoms with E-state index in [9.17, 15) is 0 Å². The Morgan fingerprint density at radius 2 is 2.12 bits per heavy atom. The molecular weight excluding hydrogens is 327 g/mol. The third-order valence-electron chi connectivity index (χ3n) is 3.48. The summed E-state index contributed by atoms with van der Waals surface area (Å²) in [5, 5.41) is 15.5. The van der Waals surface area contributed by atoms with Crippen molar-refractivity contribution in [1.29, 1.82) is 5.26 Å². The van der Waals surface area contributed by atoms with Gasteiger partial charge in [-0.2, -0.15) is 5.26 Å². The Balaban J connectivity index is 0.00000144. The maximum atomic E-state index is 8.82. The fourth-order valence-corrected chi connectivity index (χ4v) is 2.39. The summed E-state index contributed by atoms with van der Waals surface area (Å²) in [5.74, 6) is 1.99. The Morgan fingerprint density at radius 1 is 1.35 bits per heavy atom. The molecule has 1 heterocycles. The van der Waals surface area contributed by atoms with E-state index < -0.39 is 0 Å². The fourth-order valence-electron chi connectivity index (χ4n) is 2.39. The number of aliphatic imine (C=N–C) groups is 1. The van der Waals surface area contributed by atoms with Gasteiger partial charge in [0.15, 0.2) is 5.96 Å². The third kappa shape index (κ3) is 4.70. The van der Waals surface area contributed by atoms with Crippen molar-refractivity contribution < 1.29 is 0 Å². The molecule has 1 saturated carbocycles. The number of rotatable bonds is 2. The highest BCUT2D eigenvalue weighted by atomic mass is 127. The lowest BCUT2D eigenvalue weighted by Gasteiger charge is -2.26. The normalized spacial score (nSPS) is 28.1. The topological polar surface area (TPSA) is 60.2 Å². The van der Waals surface area contributed by atoms with Gasteiger partial charge in [0.05, 0.1) is 6.07 Å². The van der Waals surface area contributed by atoms with Crippen LogP contribution in [-0.2, 0) is 0 Å². The second kappa shape index (κ2) is 7.75. The Bertz CT molecular complexity index is 289. The molecule has 5 heteroatoms. The monoisotopic (exact) mass is 348 g/mol. The Kier molecular flexibility index (Phi) is 6.63. The summed E-state index contributed by atoms with van der Waals surface area (Å²) < 4.78 is 0. The minimum Gasteiger partial charge on any atom is -0.356 e. The zero-order chi connectivity index (χ0) is 11.2. The van der Waals surface area contributed by atoms with Crippen LogP contribution in [0.15, 0.2) is 4.99 Å². The Morgan fingerprint density at radius 3 is 2.71 bits per heavy atom. The van der Waals surface area contributed by atoms with Crippen LogP contribution in [0.2, 0.25) is 0 Å². The molecular formula is C12H21IN4. The highest BCUT2D eigenvalue weighted by molar-refractivity contribution is 14.0. The van der Waals surface area contributed by atoms with Gasteiger partial charge < -0.3 is 10.6 Å². The minimum atomic E-state index is 0. The summed E-state index contributed by atoms with van der Waals surface area (Å²) >= 11 is 0. The third-order valence-corrected chi connectivity index (χ3v) is 3.48. The number of hydrogen-bond acceptors (Lipinski definition) is 4. The van der Waals surface area contributed by atoms with E-state index in [1.165, 1.54) is 12.8 Å². The summed E-state index contributed by atoms with van der Waals surface area (Å²) in [6, 6.07) is 2.37. The maximum absolute atomic E-state index is 8.82. The average molecular weight is 348 g/mol. The molecule has 2 aliphatic rings. The van der Waals surface area contributed by atoms with Crippen LogP contribution in [0.5, 0.6) is 0 Å². The van der Waals surface area contributed by atoms with Crippen LogP contribution in [-0.4, -0.2) is 25.6 Å². The molecule has 96 valence electrons. The minimum absolute atomic E-state index is 0. The van der Waals surface area contributed by atoms with Crippen LogP contribution in [0.4, 0.5) is 0 Å². The molecule has 0 bridgehead atoms. The fraction of sp³-hybridized carbons (Fsp3) is 0.833. The maximum Gasteiger partial charge on any atom is 0.191 e. The molecule has 1 aliphatic heterocycles. The van der Waals surface area contributed by atoms with E-state index in [2.05, 4.69) is 21.7 Å². The molecule has 0 aromatic carbocycles. The van der Waals surface area contributed by atoms with Crippen molar-refractivity contribution in [2.45, 2.75) is 32.1 Å². The van der Waals surface area contributed by atoms with Crippen molar-refractivity contribution in [2.75, 3.05) is 19.6 Å². The zero-order valence-corrected chi connectivity index (χ0v) is 12.4. The van der Waals surface area contributed by atoms with E-state index in [-0.39, 0.29) is 24.0 Å². The molecule has 0 aromatic heterocycles. The van der Waals surface area contributed by atoms with Gasteiger partial charge in [0.2, 0.25) is 0 Å². The molecule has 0 spiro atoms. The molecule has 17 heavy (non-hydrogen) atoms. The first-order valence-electron chi connectivity index (χ1n) is 6.30. The largest absolute Gasteiger partial charge is 0.356 e.